The van der Waals surface area contributed by atoms with E-state index >= 15 is 0 Å². The summed E-state index contributed by atoms with van der Waals surface area (Å²) in [6.45, 7) is 1.60. The van der Waals surface area contributed by atoms with Crippen LogP contribution in [0, 0.1) is 0 Å². The third kappa shape index (κ3) is 3.59. The van der Waals surface area contributed by atoms with E-state index in [1.807, 2.05) is 47.0 Å². The summed E-state index contributed by atoms with van der Waals surface area (Å²) in [6, 6.07) is 18.4. The molecule has 0 N–H and O–H groups in total. The quantitative estimate of drug-likeness (QED) is 0.687. The highest BCUT2D eigenvalue weighted by Gasteiger charge is 2.23. The molecule has 1 aliphatic rings. The van der Waals surface area contributed by atoms with Crippen molar-refractivity contribution in [2.75, 3.05) is 18.8 Å². The summed E-state index contributed by atoms with van der Waals surface area (Å²) in [5, 5.41) is 2.72. The molecule has 0 saturated carbocycles. The summed E-state index contributed by atoms with van der Waals surface area (Å²) in [4.78, 5) is 14.9. The molecule has 2 aromatic carbocycles. The van der Waals surface area contributed by atoms with Crippen molar-refractivity contribution in [1.29, 1.82) is 0 Å². The number of benzene rings is 2. The van der Waals surface area contributed by atoms with Gasteiger partial charge >= 0.3 is 0 Å². The summed E-state index contributed by atoms with van der Waals surface area (Å²) in [7, 11) is 0. The first kappa shape index (κ1) is 16.3. The van der Waals surface area contributed by atoms with Gasteiger partial charge in [0.25, 0.3) is 0 Å². The highest BCUT2D eigenvalue weighted by Crippen LogP contribution is 2.34. The fraction of sp³-hybridized carbons (Fsp3) is 0.286. The normalized spacial score (nSPS) is 18.2. The molecule has 1 atom stereocenters. The van der Waals surface area contributed by atoms with Crippen LogP contribution in [0.25, 0.3) is 10.8 Å². The van der Waals surface area contributed by atoms with Gasteiger partial charge in [-0.05, 0) is 34.9 Å². The monoisotopic (exact) mass is 351 g/mol. The van der Waals surface area contributed by atoms with Crippen molar-refractivity contribution in [2.24, 2.45) is 0 Å². The van der Waals surface area contributed by atoms with Crippen molar-refractivity contribution >= 4 is 28.4 Å². The minimum atomic E-state index is 0.219. The second kappa shape index (κ2) is 7.36. The molecule has 1 unspecified atom stereocenters. The van der Waals surface area contributed by atoms with E-state index < -0.39 is 0 Å². The van der Waals surface area contributed by atoms with Crippen molar-refractivity contribution in [3.05, 3.63) is 72.2 Å². The molecule has 3 nitrogen and oxygen atoms in total. The number of furan rings is 1. The topological polar surface area (TPSA) is 33.5 Å². The predicted molar refractivity (Wildman–Crippen MR) is 103 cm³/mol. The Morgan fingerprint density at radius 2 is 1.96 bits per heavy atom. The van der Waals surface area contributed by atoms with Gasteiger partial charge in [0, 0.05) is 18.8 Å². The minimum absolute atomic E-state index is 0.219. The van der Waals surface area contributed by atoms with Crippen molar-refractivity contribution in [3.63, 3.8) is 0 Å². The molecule has 1 amide bonds. The summed E-state index contributed by atoms with van der Waals surface area (Å²) < 4.78 is 5.54. The van der Waals surface area contributed by atoms with Crippen LogP contribution in [0.1, 0.15) is 23.0 Å². The lowest BCUT2D eigenvalue weighted by Crippen LogP contribution is -2.34. The summed E-state index contributed by atoms with van der Waals surface area (Å²) in [5.74, 6) is 2.19. The van der Waals surface area contributed by atoms with Crippen LogP contribution in [0.4, 0.5) is 0 Å². The molecule has 128 valence electrons. The van der Waals surface area contributed by atoms with Crippen LogP contribution in [-0.2, 0) is 11.2 Å². The molecule has 4 rings (SSSR count). The largest absolute Gasteiger partial charge is 0.468 e. The zero-order chi connectivity index (χ0) is 17.1. The second-order valence-electron chi connectivity index (χ2n) is 6.36. The average Bonchev–Trinajstić information content (AvgIpc) is 3.06. The van der Waals surface area contributed by atoms with E-state index in [1.165, 1.54) is 10.8 Å². The molecule has 1 aliphatic heterocycles. The minimum Gasteiger partial charge on any atom is -0.468 e. The molecule has 3 aromatic rings. The first-order chi connectivity index (χ1) is 12.3. The Bertz CT molecular complexity index is 854. The number of rotatable bonds is 3. The Morgan fingerprint density at radius 3 is 2.84 bits per heavy atom. The molecule has 1 saturated heterocycles. The Morgan fingerprint density at radius 1 is 1.08 bits per heavy atom. The van der Waals surface area contributed by atoms with Gasteiger partial charge in [-0.3, -0.25) is 4.79 Å². The highest BCUT2D eigenvalue weighted by molar-refractivity contribution is 7.99. The lowest BCUT2D eigenvalue weighted by atomic mass is 10.0. The molecule has 4 heteroatoms. The van der Waals surface area contributed by atoms with Gasteiger partial charge in [-0.2, -0.15) is 0 Å². The standard InChI is InChI=1S/C21H21NO2S/c23-21(15-17-7-3-6-16-5-1-2-8-18(16)17)22-11-10-20(25-14-12-22)19-9-4-13-24-19/h1-9,13,20H,10-12,14-15H2. The van der Waals surface area contributed by atoms with Crippen molar-refractivity contribution in [3.8, 4) is 0 Å². The number of fused-ring (bicyclic) bond motifs is 1. The number of hydrogen-bond acceptors (Lipinski definition) is 3. The zero-order valence-electron chi connectivity index (χ0n) is 14.1. The predicted octanol–water partition coefficient (Wildman–Crippen LogP) is 4.68. The Kier molecular flexibility index (Phi) is 4.79. The summed E-state index contributed by atoms with van der Waals surface area (Å²) >= 11 is 1.88. The smallest absolute Gasteiger partial charge is 0.227 e. The van der Waals surface area contributed by atoms with Crippen LogP contribution < -0.4 is 0 Å². The highest BCUT2D eigenvalue weighted by atomic mass is 32.2. The van der Waals surface area contributed by atoms with Crippen LogP contribution >= 0.6 is 11.8 Å². The maximum absolute atomic E-state index is 12.9. The third-order valence-corrected chi connectivity index (χ3v) is 6.06. The van der Waals surface area contributed by atoms with Gasteiger partial charge in [-0.15, -0.1) is 11.8 Å². The van der Waals surface area contributed by atoms with Crippen LogP contribution in [-0.4, -0.2) is 29.6 Å². The van der Waals surface area contributed by atoms with E-state index in [-0.39, 0.29) is 5.91 Å². The van der Waals surface area contributed by atoms with E-state index in [0.717, 1.165) is 36.6 Å². The molecule has 0 spiro atoms. The van der Waals surface area contributed by atoms with Gasteiger partial charge in [0.05, 0.1) is 17.9 Å². The lowest BCUT2D eigenvalue weighted by Gasteiger charge is -2.20. The van der Waals surface area contributed by atoms with Gasteiger partial charge in [0.15, 0.2) is 0 Å². The van der Waals surface area contributed by atoms with Crippen LogP contribution in [0.5, 0.6) is 0 Å². The van der Waals surface area contributed by atoms with Gasteiger partial charge in [0.1, 0.15) is 5.76 Å². The van der Waals surface area contributed by atoms with Crippen LogP contribution in [0.3, 0.4) is 0 Å². The van der Waals surface area contributed by atoms with E-state index in [9.17, 15) is 4.79 Å². The zero-order valence-corrected chi connectivity index (χ0v) is 14.9. The number of carbonyl (C=O) groups excluding carboxylic acids is 1. The first-order valence-corrected chi connectivity index (χ1v) is 9.75. The van der Waals surface area contributed by atoms with E-state index in [1.54, 1.807) is 6.26 Å². The Balaban J connectivity index is 1.46. The number of nitrogens with zero attached hydrogens (tertiary/aromatic N) is 1. The molecule has 0 aliphatic carbocycles. The summed E-state index contributed by atoms with van der Waals surface area (Å²) in [6.07, 6.45) is 3.14. The van der Waals surface area contributed by atoms with Crippen LogP contribution in [0.2, 0.25) is 0 Å². The van der Waals surface area contributed by atoms with Gasteiger partial charge in [-0.25, -0.2) is 0 Å². The first-order valence-electron chi connectivity index (χ1n) is 8.71. The SMILES string of the molecule is O=C(Cc1cccc2ccccc12)N1CCSC(c2ccco2)CC1. The fourth-order valence-corrected chi connectivity index (χ4v) is 4.62. The van der Waals surface area contributed by atoms with E-state index in [0.29, 0.717) is 11.7 Å². The van der Waals surface area contributed by atoms with Crippen molar-refractivity contribution < 1.29 is 9.21 Å². The number of amides is 1. The number of thioether (sulfide) groups is 1. The third-order valence-electron chi connectivity index (χ3n) is 4.78. The Hall–Kier alpha value is -2.20. The maximum Gasteiger partial charge on any atom is 0.227 e. The van der Waals surface area contributed by atoms with Gasteiger partial charge in [0.2, 0.25) is 5.91 Å². The van der Waals surface area contributed by atoms with Crippen molar-refractivity contribution in [1.82, 2.24) is 4.90 Å². The van der Waals surface area contributed by atoms with E-state index in [2.05, 4.69) is 24.3 Å². The maximum atomic E-state index is 12.9. The molecule has 0 radical (unpaired) electrons. The molecule has 25 heavy (non-hydrogen) atoms. The summed E-state index contributed by atoms with van der Waals surface area (Å²) in [5.41, 5.74) is 1.11. The fourth-order valence-electron chi connectivity index (χ4n) is 3.44. The molecule has 2 heterocycles. The van der Waals surface area contributed by atoms with E-state index in [4.69, 9.17) is 4.42 Å². The number of carbonyl (C=O) groups is 1. The van der Waals surface area contributed by atoms with Crippen molar-refractivity contribution in [2.45, 2.75) is 18.1 Å². The average molecular weight is 351 g/mol. The molecule has 0 bridgehead atoms. The molecular weight excluding hydrogens is 330 g/mol. The van der Waals surface area contributed by atoms with Gasteiger partial charge < -0.3 is 9.32 Å². The Labute approximate surface area is 152 Å². The van der Waals surface area contributed by atoms with Gasteiger partial charge in [-0.1, -0.05) is 42.5 Å². The van der Waals surface area contributed by atoms with Crippen LogP contribution in [0.15, 0.2) is 65.3 Å². The second-order valence-corrected chi connectivity index (χ2v) is 7.67. The lowest BCUT2D eigenvalue weighted by molar-refractivity contribution is -0.130. The molecular formula is C21H21NO2S. The molecule has 1 aromatic heterocycles. The number of hydrogen-bond donors (Lipinski definition) is 0. The molecule has 1 fully saturated rings.